The molecular formula is C22H26N2O2. The second-order valence-corrected chi connectivity index (χ2v) is 6.55. The van der Waals surface area contributed by atoms with Crippen LogP contribution in [-0.4, -0.2) is 26.1 Å². The Kier molecular flexibility index (Phi) is 6.31. The highest BCUT2D eigenvalue weighted by molar-refractivity contribution is 6.02. The van der Waals surface area contributed by atoms with Crippen LogP contribution in [0.3, 0.4) is 0 Å². The molecule has 26 heavy (non-hydrogen) atoms. The number of ether oxygens (including phenoxy) is 1. The van der Waals surface area contributed by atoms with Gasteiger partial charge in [-0.15, -0.1) is 0 Å². The Morgan fingerprint density at radius 1 is 1.04 bits per heavy atom. The van der Waals surface area contributed by atoms with Crippen LogP contribution in [0.5, 0.6) is 5.75 Å². The molecule has 1 amide bonds. The van der Waals surface area contributed by atoms with Crippen molar-refractivity contribution in [3.8, 4) is 5.75 Å². The van der Waals surface area contributed by atoms with E-state index >= 15 is 0 Å². The zero-order valence-corrected chi connectivity index (χ0v) is 15.3. The van der Waals surface area contributed by atoms with E-state index in [0.717, 1.165) is 30.1 Å². The van der Waals surface area contributed by atoms with Crippen molar-refractivity contribution in [3.63, 3.8) is 0 Å². The minimum Gasteiger partial charge on any atom is -0.497 e. The molecule has 2 aromatic carbocycles. The zero-order chi connectivity index (χ0) is 18.2. The predicted octanol–water partition coefficient (Wildman–Crippen LogP) is 4.73. The third kappa shape index (κ3) is 5.12. The minimum absolute atomic E-state index is 0.143. The molecule has 0 saturated carbocycles. The summed E-state index contributed by atoms with van der Waals surface area (Å²) in [5.74, 6) is 0.631. The molecule has 0 bridgehead atoms. The first kappa shape index (κ1) is 18.1. The number of hydrogen-bond acceptors (Lipinski definition) is 3. The molecule has 2 aromatic rings. The van der Waals surface area contributed by atoms with Gasteiger partial charge in [0.05, 0.1) is 7.11 Å². The fourth-order valence-electron chi connectivity index (χ4n) is 3.19. The molecular weight excluding hydrogens is 324 g/mol. The monoisotopic (exact) mass is 350 g/mol. The van der Waals surface area contributed by atoms with E-state index in [1.807, 2.05) is 36.4 Å². The summed E-state index contributed by atoms with van der Waals surface area (Å²) in [6.07, 6.45) is 8.48. The van der Waals surface area contributed by atoms with Crippen molar-refractivity contribution in [3.05, 3.63) is 60.2 Å². The molecule has 0 atom stereocenters. The number of carbonyl (C=O) groups is 1. The molecule has 0 aromatic heterocycles. The maximum absolute atomic E-state index is 12.1. The van der Waals surface area contributed by atoms with E-state index in [4.69, 9.17) is 4.74 Å². The molecule has 0 unspecified atom stereocenters. The van der Waals surface area contributed by atoms with E-state index in [1.165, 1.54) is 37.4 Å². The van der Waals surface area contributed by atoms with Crippen molar-refractivity contribution in [1.82, 2.24) is 0 Å². The smallest absolute Gasteiger partial charge is 0.248 e. The first-order valence-electron chi connectivity index (χ1n) is 9.23. The number of benzene rings is 2. The van der Waals surface area contributed by atoms with Gasteiger partial charge in [-0.3, -0.25) is 4.79 Å². The van der Waals surface area contributed by atoms with Crippen molar-refractivity contribution >= 4 is 23.4 Å². The van der Waals surface area contributed by atoms with Gasteiger partial charge >= 0.3 is 0 Å². The van der Waals surface area contributed by atoms with E-state index in [2.05, 4.69) is 22.3 Å². The maximum atomic E-state index is 12.1. The summed E-state index contributed by atoms with van der Waals surface area (Å²) in [5, 5.41) is 2.91. The SMILES string of the molecule is COc1cccc(C=CC(=O)Nc2ccc(N3CCCCCC3)cc2)c1. The molecule has 1 saturated heterocycles. The van der Waals surface area contributed by atoms with Gasteiger partial charge in [-0.1, -0.05) is 25.0 Å². The van der Waals surface area contributed by atoms with Crippen LogP contribution in [0.25, 0.3) is 6.08 Å². The van der Waals surface area contributed by atoms with Gasteiger partial charge in [0.15, 0.2) is 0 Å². The molecule has 0 aliphatic carbocycles. The van der Waals surface area contributed by atoms with Gasteiger partial charge in [-0.2, -0.15) is 0 Å². The summed E-state index contributed by atoms with van der Waals surface area (Å²) in [6, 6.07) is 15.7. The van der Waals surface area contributed by atoms with Gasteiger partial charge in [0.1, 0.15) is 5.75 Å². The summed E-state index contributed by atoms with van der Waals surface area (Å²) < 4.78 is 5.19. The molecule has 4 nitrogen and oxygen atoms in total. The lowest BCUT2D eigenvalue weighted by molar-refractivity contribution is -0.111. The summed E-state index contributed by atoms with van der Waals surface area (Å²) in [4.78, 5) is 14.6. The fourth-order valence-corrected chi connectivity index (χ4v) is 3.19. The second kappa shape index (κ2) is 9.09. The van der Waals surface area contributed by atoms with Crippen molar-refractivity contribution in [2.45, 2.75) is 25.7 Å². The average molecular weight is 350 g/mol. The number of amides is 1. The number of rotatable bonds is 5. The van der Waals surface area contributed by atoms with Gasteiger partial charge in [0, 0.05) is 30.5 Å². The molecule has 3 rings (SSSR count). The summed E-state index contributed by atoms with van der Waals surface area (Å²) >= 11 is 0. The molecule has 4 heteroatoms. The molecule has 1 aliphatic rings. The number of methoxy groups -OCH3 is 1. The Morgan fingerprint density at radius 3 is 2.46 bits per heavy atom. The predicted molar refractivity (Wildman–Crippen MR) is 108 cm³/mol. The van der Waals surface area contributed by atoms with Gasteiger partial charge in [0.2, 0.25) is 5.91 Å². The number of nitrogens with one attached hydrogen (secondary N) is 1. The van der Waals surface area contributed by atoms with Gasteiger partial charge in [-0.25, -0.2) is 0 Å². The van der Waals surface area contributed by atoms with E-state index in [1.54, 1.807) is 13.2 Å². The highest BCUT2D eigenvalue weighted by Crippen LogP contribution is 2.21. The van der Waals surface area contributed by atoms with Crippen LogP contribution in [0.4, 0.5) is 11.4 Å². The van der Waals surface area contributed by atoms with Gasteiger partial charge in [-0.05, 0) is 60.9 Å². The molecule has 1 heterocycles. The van der Waals surface area contributed by atoms with E-state index in [-0.39, 0.29) is 5.91 Å². The average Bonchev–Trinajstić information content (AvgIpc) is 2.97. The van der Waals surface area contributed by atoms with Crippen LogP contribution in [0.1, 0.15) is 31.2 Å². The number of hydrogen-bond donors (Lipinski definition) is 1. The Morgan fingerprint density at radius 2 is 1.77 bits per heavy atom. The largest absolute Gasteiger partial charge is 0.497 e. The molecule has 1 fully saturated rings. The van der Waals surface area contributed by atoms with Crippen LogP contribution >= 0.6 is 0 Å². The summed E-state index contributed by atoms with van der Waals surface area (Å²) in [5.41, 5.74) is 2.97. The lowest BCUT2D eigenvalue weighted by Gasteiger charge is -2.22. The molecule has 0 radical (unpaired) electrons. The highest BCUT2D eigenvalue weighted by Gasteiger charge is 2.09. The number of nitrogens with zero attached hydrogens (tertiary/aromatic N) is 1. The van der Waals surface area contributed by atoms with Crippen molar-refractivity contribution in [2.75, 3.05) is 30.4 Å². The lowest BCUT2D eigenvalue weighted by atomic mass is 10.2. The standard InChI is InChI=1S/C22H26N2O2/c1-26-21-8-6-7-18(17-21)9-14-22(25)23-19-10-12-20(13-11-19)24-15-4-2-3-5-16-24/h6-14,17H,2-5,15-16H2,1H3,(H,23,25). The van der Waals surface area contributed by atoms with E-state index < -0.39 is 0 Å². The van der Waals surface area contributed by atoms with E-state index in [0.29, 0.717) is 0 Å². The third-order valence-electron chi connectivity index (χ3n) is 4.63. The van der Waals surface area contributed by atoms with Gasteiger partial charge < -0.3 is 15.0 Å². The number of anilines is 2. The highest BCUT2D eigenvalue weighted by atomic mass is 16.5. The first-order valence-corrected chi connectivity index (χ1v) is 9.23. The molecule has 136 valence electrons. The third-order valence-corrected chi connectivity index (χ3v) is 4.63. The summed E-state index contributed by atoms with van der Waals surface area (Å²) in [7, 11) is 1.63. The lowest BCUT2D eigenvalue weighted by Crippen LogP contribution is -2.23. The molecule has 1 aliphatic heterocycles. The van der Waals surface area contributed by atoms with Crippen molar-refractivity contribution in [2.24, 2.45) is 0 Å². The van der Waals surface area contributed by atoms with Crippen LogP contribution in [0, 0.1) is 0 Å². The Hall–Kier alpha value is -2.75. The Bertz CT molecular complexity index is 745. The molecule has 1 N–H and O–H groups in total. The second-order valence-electron chi connectivity index (χ2n) is 6.55. The fraction of sp³-hybridized carbons (Fsp3) is 0.318. The van der Waals surface area contributed by atoms with Crippen LogP contribution in [0.2, 0.25) is 0 Å². The van der Waals surface area contributed by atoms with Crippen LogP contribution in [0.15, 0.2) is 54.6 Å². The topological polar surface area (TPSA) is 41.6 Å². The van der Waals surface area contributed by atoms with E-state index in [9.17, 15) is 4.79 Å². The first-order chi connectivity index (χ1) is 12.7. The minimum atomic E-state index is -0.143. The van der Waals surface area contributed by atoms with Crippen LogP contribution in [-0.2, 0) is 4.79 Å². The quantitative estimate of drug-likeness (QED) is 0.793. The Balaban J connectivity index is 1.57. The normalized spacial score (nSPS) is 14.9. The van der Waals surface area contributed by atoms with Crippen LogP contribution < -0.4 is 15.0 Å². The van der Waals surface area contributed by atoms with Crippen molar-refractivity contribution < 1.29 is 9.53 Å². The zero-order valence-electron chi connectivity index (χ0n) is 15.3. The summed E-state index contributed by atoms with van der Waals surface area (Å²) in [6.45, 7) is 2.24. The number of carbonyl (C=O) groups excluding carboxylic acids is 1. The molecule has 0 spiro atoms. The maximum Gasteiger partial charge on any atom is 0.248 e. The van der Waals surface area contributed by atoms with Crippen molar-refractivity contribution in [1.29, 1.82) is 0 Å². The van der Waals surface area contributed by atoms with Gasteiger partial charge in [0.25, 0.3) is 0 Å². The Labute approximate surface area is 155 Å².